The van der Waals surface area contributed by atoms with Gasteiger partial charge in [0.15, 0.2) is 0 Å². The average molecular weight is 340 g/mol. The third kappa shape index (κ3) is 3.60. The molecular weight excluding hydrogens is 323 g/mol. The first-order valence-electron chi connectivity index (χ1n) is 7.80. The van der Waals surface area contributed by atoms with E-state index in [9.17, 15) is 14.0 Å². The van der Waals surface area contributed by atoms with Crippen LogP contribution < -0.4 is 0 Å². The van der Waals surface area contributed by atoms with Crippen LogP contribution in [-0.4, -0.2) is 17.7 Å². The molecule has 1 saturated heterocycles. The lowest BCUT2D eigenvalue weighted by molar-refractivity contribution is -0.222. The molecule has 0 aliphatic carbocycles. The van der Waals surface area contributed by atoms with E-state index in [0.717, 1.165) is 11.1 Å². The van der Waals surface area contributed by atoms with Gasteiger partial charge < -0.3 is 9.47 Å². The number of carbonyl (C=O) groups excluding carboxylic acids is 2. The number of ether oxygens (including phenoxy) is 2. The van der Waals surface area contributed by atoms with Gasteiger partial charge in [0.1, 0.15) is 11.4 Å². The van der Waals surface area contributed by atoms with Crippen molar-refractivity contribution in [3.63, 3.8) is 0 Å². The molecule has 1 aliphatic rings. The predicted octanol–water partition coefficient (Wildman–Crippen LogP) is 4.02. The number of esters is 2. The Bertz CT molecular complexity index is 857. The van der Waals surface area contributed by atoms with Crippen molar-refractivity contribution in [2.75, 3.05) is 0 Å². The Hall–Kier alpha value is -2.95. The number of aryl methyl sites for hydroxylation is 1. The molecule has 1 fully saturated rings. The normalized spacial score (nSPS) is 16.2. The molecule has 0 saturated carbocycles. The van der Waals surface area contributed by atoms with Crippen molar-refractivity contribution in [3.8, 4) is 11.1 Å². The van der Waals surface area contributed by atoms with E-state index in [4.69, 9.17) is 9.47 Å². The van der Waals surface area contributed by atoms with Crippen molar-refractivity contribution >= 4 is 18.0 Å². The van der Waals surface area contributed by atoms with E-state index in [-0.39, 0.29) is 11.4 Å². The average Bonchev–Trinajstić information content (AvgIpc) is 2.53. The molecule has 0 radical (unpaired) electrons. The molecule has 2 aromatic rings. The molecule has 4 nitrogen and oxygen atoms in total. The monoisotopic (exact) mass is 340 g/mol. The highest BCUT2D eigenvalue weighted by molar-refractivity contribution is 6.18. The van der Waals surface area contributed by atoms with Crippen LogP contribution in [0.15, 0.2) is 48.0 Å². The zero-order valence-electron chi connectivity index (χ0n) is 14.1. The first-order valence-corrected chi connectivity index (χ1v) is 7.80. The standard InChI is InChI=1S/C20H17FO4/c1-12-4-7-15(11-17(12)21)14-8-5-13(6-9-14)10-16-18(22)24-20(2,3)25-19(16)23/h4-11H,1-3H3. The largest absolute Gasteiger partial charge is 0.419 e. The summed E-state index contributed by atoms with van der Waals surface area (Å²) in [5.74, 6) is -2.96. The van der Waals surface area contributed by atoms with E-state index >= 15 is 0 Å². The summed E-state index contributed by atoms with van der Waals surface area (Å²) in [7, 11) is 0. The number of benzene rings is 2. The minimum absolute atomic E-state index is 0.159. The number of cyclic esters (lactones) is 2. The molecule has 0 amide bonds. The first kappa shape index (κ1) is 16.9. The molecular formula is C20H17FO4. The number of rotatable bonds is 2. The fourth-order valence-electron chi connectivity index (χ4n) is 2.49. The van der Waals surface area contributed by atoms with Crippen LogP contribution in [0, 0.1) is 12.7 Å². The lowest BCUT2D eigenvalue weighted by Crippen LogP contribution is -2.41. The summed E-state index contributed by atoms with van der Waals surface area (Å²) in [6, 6.07) is 12.1. The van der Waals surface area contributed by atoms with E-state index in [2.05, 4.69) is 0 Å². The summed E-state index contributed by atoms with van der Waals surface area (Å²) < 4.78 is 23.8. The highest BCUT2D eigenvalue weighted by Crippen LogP contribution is 2.26. The van der Waals surface area contributed by atoms with Gasteiger partial charge in [0, 0.05) is 13.8 Å². The van der Waals surface area contributed by atoms with Gasteiger partial charge in [0.25, 0.3) is 5.79 Å². The Morgan fingerprint density at radius 3 is 2.04 bits per heavy atom. The SMILES string of the molecule is Cc1ccc(-c2ccc(C=C3C(=O)OC(C)(C)OC3=O)cc2)cc1F. The number of halogens is 1. The molecule has 0 N–H and O–H groups in total. The van der Waals surface area contributed by atoms with Crippen LogP contribution in [-0.2, 0) is 19.1 Å². The van der Waals surface area contributed by atoms with Crippen LogP contribution in [0.25, 0.3) is 17.2 Å². The van der Waals surface area contributed by atoms with E-state index in [1.807, 2.05) is 6.07 Å². The van der Waals surface area contributed by atoms with Gasteiger partial charge in [-0.2, -0.15) is 0 Å². The van der Waals surface area contributed by atoms with Crippen molar-refractivity contribution in [1.82, 2.24) is 0 Å². The summed E-state index contributed by atoms with van der Waals surface area (Å²) in [4.78, 5) is 23.9. The first-order chi connectivity index (χ1) is 11.7. The van der Waals surface area contributed by atoms with Crippen molar-refractivity contribution in [2.45, 2.75) is 26.6 Å². The smallest absolute Gasteiger partial charge is 0.348 e. The third-order valence-electron chi connectivity index (χ3n) is 3.84. The lowest BCUT2D eigenvalue weighted by atomic mass is 10.0. The molecule has 0 bridgehead atoms. The maximum Gasteiger partial charge on any atom is 0.348 e. The van der Waals surface area contributed by atoms with E-state index in [1.165, 1.54) is 26.0 Å². The summed E-state index contributed by atoms with van der Waals surface area (Å²) in [5.41, 5.74) is 2.65. The van der Waals surface area contributed by atoms with Crippen molar-refractivity contribution < 1.29 is 23.5 Å². The van der Waals surface area contributed by atoms with Crippen molar-refractivity contribution in [1.29, 1.82) is 0 Å². The van der Waals surface area contributed by atoms with Crippen LogP contribution in [0.3, 0.4) is 0 Å². The molecule has 3 rings (SSSR count). The van der Waals surface area contributed by atoms with Gasteiger partial charge in [0.05, 0.1) is 0 Å². The summed E-state index contributed by atoms with van der Waals surface area (Å²) in [6.45, 7) is 4.70. The highest BCUT2D eigenvalue weighted by atomic mass is 19.1. The number of hydrogen-bond donors (Lipinski definition) is 0. The molecule has 0 atom stereocenters. The summed E-state index contributed by atoms with van der Waals surface area (Å²) in [5, 5.41) is 0. The van der Waals surface area contributed by atoms with Crippen LogP contribution in [0.1, 0.15) is 25.0 Å². The second-order valence-corrected chi connectivity index (χ2v) is 6.32. The maximum atomic E-state index is 13.7. The zero-order chi connectivity index (χ0) is 18.2. The van der Waals surface area contributed by atoms with E-state index < -0.39 is 17.7 Å². The van der Waals surface area contributed by atoms with Gasteiger partial charge >= 0.3 is 11.9 Å². The van der Waals surface area contributed by atoms with Gasteiger partial charge in [-0.05, 0) is 41.3 Å². The minimum Gasteiger partial charge on any atom is -0.419 e. The molecule has 1 aliphatic heterocycles. The fraction of sp³-hybridized carbons (Fsp3) is 0.200. The van der Waals surface area contributed by atoms with Gasteiger partial charge in [-0.1, -0.05) is 36.4 Å². The molecule has 0 aromatic heterocycles. The van der Waals surface area contributed by atoms with Crippen LogP contribution in [0.4, 0.5) is 4.39 Å². The molecule has 0 spiro atoms. The molecule has 2 aromatic carbocycles. The molecule has 5 heteroatoms. The maximum absolute atomic E-state index is 13.7. The molecule has 1 heterocycles. The molecule has 128 valence electrons. The molecule has 0 unspecified atom stereocenters. The Morgan fingerprint density at radius 1 is 0.920 bits per heavy atom. The number of hydrogen-bond acceptors (Lipinski definition) is 4. The number of carbonyl (C=O) groups is 2. The fourth-order valence-corrected chi connectivity index (χ4v) is 2.49. The van der Waals surface area contributed by atoms with Crippen molar-refractivity contribution in [2.24, 2.45) is 0 Å². The predicted molar refractivity (Wildman–Crippen MR) is 90.8 cm³/mol. The Morgan fingerprint density at radius 2 is 1.48 bits per heavy atom. The van der Waals surface area contributed by atoms with Gasteiger partial charge in [-0.15, -0.1) is 0 Å². The molecule has 25 heavy (non-hydrogen) atoms. The Kier molecular flexibility index (Phi) is 4.17. The Balaban J connectivity index is 1.86. The summed E-state index contributed by atoms with van der Waals surface area (Å²) in [6.07, 6.45) is 1.42. The van der Waals surface area contributed by atoms with Gasteiger partial charge in [0.2, 0.25) is 0 Å². The topological polar surface area (TPSA) is 52.6 Å². The summed E-state index contributed by atoms with van der Waals surface area (Å²) >= 11 is 0. The zero-order valence-corrected chi connectivity index (χ0v) is 14.1. The van der Waals surface area contributed by atoms with Gasteiger partial charge in [-0.25, -0.2) is 14.0 Å². The second-order valence-electron chi connectivity index (χ2n) is 6.32. The van der Waals surface area contributed by atoms with Gasteiger partial charge in [-0.3, -0.25) is 0 Å². The second kappa shape index (κ2) is 6.16. The highest BCUT2D eigenvalue weighted by Gasteiger charge is 2.38. The third-order valence-corrected chi connectivity index (χ3v) is 3.84. The lowest BCUT2D eigenvalue weighted by Gasteiger charge is -2.29. The van der Waals surface area contributed by atoms with Crippen LogP contribution in [0.2, 0.25) is 0 Å². The van der Waals surface area contributed by atoms with Crippen molar-refractivity contribution in [3.05, 3.63) is 65.0 Å². The van der Waals surface area contributed by atoms with E-state index in [0.29, 0.717) is 11.1 Å². The quantitative estimate of drug-likeness (QED) is 0.471. The minimum atomic E-state index is -1.26. The Labute approximate surface area is 144 Å². The van der Waals surface area contributed by atoms with Crippen LogP contribution >= 0.6 is 0 Å². The van der Waals surface area contributed by atoms with Crippen LogP contribution in [0.5, 0.6) is 0 Å². The van der Waals surface area contributed by atoms with E-state index in [1.54, 1.807) is 37.3 Å².